The predicted octanol–water partition coefficient (Wildman–Crippen LogP) is 13.9. The summed E-state index contributed by atoms with van der Waals surface area (Å²) < 4.78 is 12.9. The van der Waals surface area contributed by atoms with Crippen molar-refractivity contribution in [2.24, 2.45) is 0 Å². The van der Waals surface area contributed by atoms with Gasteiger partial charge in [-0.05, 0) is 108 Å². The molecule has 11 aromatic rings. The molecule has 2 heteroatoms. The number of hydrogen-bond acceptors (Lipinski definition) is 2. The molecule has 2 aromatic heterocycles. The molecule has 0 unspecified atom stereocenters. The Labute approximate surface area is 287 Å². The van der Waals surface area contributed by atoms with E-state index in [9.17, 15) is 0 Å². The van der Waals surface area contributed by atoms with Crippen molar-refractivity contribution in [3.8, 4) is 33.4 Å². The van der Waals surface area contributed by atoms with Crippen molar-refractivity contribution in [3.05, 3.63) is 170 Å². The highest BCUT2D eigenvalue weighted by atomic mass is 16.3. The highest BCUT2D eigenvalue weighted by Crippen LogP contribution is 2.48. The van der Waals surface area contributed by atoms with E-state index >= 15 is 0 Å². The average molecular weight is 637 g/mol. The Kier molecular flexibility index (Phi) is 5.70. The van der Waals surface area contributed by atoms with Gasteiger partial charge in [0.15, 0.2) is 0 Å². The minimum Gasteiger partial charge on any atom is -0.456 e. The largest absolute Gasteiger partial charge is 0.456 e. The fourth-order valence-corrected chi connectivity index (χ4v) is 8.20. The van der Waals surface area contributed by atoms with Crippen LogP contribution in [0.2, 0.25) is 0 Å². The van der Waals surface area contributed by atoms with E-state index < -0.39 is 0 Å². The zero-order chi connectivity index (χ0) is 32.8. The molecule has 0 radical (unpaired) electrons. The van der Waals surface area contributed by atoms with Gasteiger partial charge in [0.25, 0.3) is 0 Å². The van der Waals surface area contributed by atoms with Crippen LogP contribution in [0.25, 0.3) is 110 Å². The zero-order valence-electron chi connectivity index (χ0n) is 27.0. The Balaban J connectivity index is 1.26. The van der Waals surface area contributed by atoms with Crippen molar-refractivity contribution in [1.82, 2.24) is 0 Å². The maximum absolute atomic E-state index is 6.66. The van der Waals surface area contributed by atoms with Gasteiger partial charge in [-0.15, -0.1) is 0 Å². The summed E-state index contributed by atoms with van der Waals surface area (Å²) in [7, 11) is 0. The lowest BCUT2D eigenvalue weighted by Crippen LogP contribution is -1.92. The summed E-state index contributed by atoms with van der Waals surface area (Å²) in [6.45, 7) is 0. The molecule has 0 fully saturated rings. The van der Waals surface area contributed by atoms with Crippen LogP contribution in [0, 0.1) is 0 Å². The summed E-state index contributed by atoms with van der Waals surface area (Å²) in [4.78, 5) is 0. The zero-order valence-corrected chi connectivity index (χ0v) is 27.0. The van der Waals surface area contributed by atoms with Crippen LogP contribution in [-0.4, -0.2) is 0 Å². The molecular weight excluding hydrogens is 609 g/mol. The van der Waals surface area contributed by atoms with Crippen LogP contribution in [0.4, 0.5) is 0 Å². The molecule has 0 aliphatic carbocycles. The number of fused-ring (bicyclic) bond motifs is 9. The number of rotatable bonds is 3. The first-order valence-electron chi connectivity index (χ1n) is 17.1. The average Bonchev–Trinajstić information content (AvgIpc) is 3.74. The van der Waals surface area contributed by atoms with Crippen LogP contribution in [-0.2, 0) is 0 Å². The molecule has 0 saturated heterocycles. The van der Waals surface area contributed by atoms with Gasteiger partial charge in [-0.1, -0.05) is 127 Å². The maximum Gasteiger partial charge on any atom is 0.136 e. The second kappa shape index (κ2) is 10.4. The Hall–Kier alpha value is -6.64. The number of furan rings is 2. The van der Waals surface area contributed by atoms with E-state index in [1.807, 2.05) is 18.2 Å². The van der Waals surface area contributed by atoms with Crippen LogP contribution in [0.1, 0.15) is 0 Å². The highest BCUT2D eigenvalue weighted by molar-refractivity contribution is 6.26. The fraction of sp³-hybridized carbons (Fsp3) is 0. The molecule has 0 N–H and O–H groups in total. The SMILES string of the molecule is c1ccc2cc(-c3c4ccccc4c(-c4cc(-c5ccc6oc7ccccc7c6c5)cc5oc6ccccc6c45)c4ccccc34)ccc2c1. The Morgan fingerprint density at radius 3 is 1.56 bits per heavy atom. The summed E-state index contributed by atoms with van der Waals surface area (Å²) in [5, 5.41) is 11.9. The van der Waals surface area contributed by atoms with Crippen LogP contribution >= 0.6 is 0 Å². The van der Waals surface area contributed by atoms with Gasteiger partial charge in [0.2, 0.25) is 0 Å². The summed E-state index contributed by atoms with van der Waals surface area (Å²) in [5.74, 6) is 0. The summed E-state index contributed by atoms with van der Waals surface area (Å²) >= 11 is 0. The van der Waals surface area contributed by atoms with Gasteiger partial charge in [-0.3, -0.25) is 0 Å². The van der Waals surface area contributed by atoms with E-state index in [2.05, 4.69) is 152 Å². The lowest BCUT2D eigenvalue weighted by atomic mass is 9.84. The Bertz CT molecular complexity index is 3100. The third-order valence-corrected chi connectivity index (χ3v) is 10.4. The first kappa shape index (κ1) is 27.3. The molecule has 0 spiro atoms. The number of para-hydroxylation sites is 2. The topological polar surface area (TPSA) is 26.3 Å². The first-order chi connectivity index (χ1) is 24.8. The fourth-order valence-electron chi connectivity index (χ4n) is 8.20. The van der Waals surface area contributed by atoms with E-state index in [1.54, 1.807) is 0 Å². The van der Waals surface area contributed by atoms with E-state index in [-0.39, 0.29) is 0 Å². The first-order valence-corrected chi connectivity index (χ1v) is 17.1. The van der Waals surface area contributed by atoms with Crippen molar-refractivity contribution in [1.29, 1.82) is 0 Å². The quantitative estimate of drug-likeness (QED) is 0.180. The Morgan fingerprint density at radius 1 is 0.280 bits per heavy atom. The lowest BCUT2D eigenvalue weighted by molar-refractivity contribution is 0.669. The van der Waals surface area contributed by atoms with Crippen LogP contribution in [0.5, 0.6) is 0 Å². The standard InChI is InChI=1S/C48H28O2/c1-2-12-30-25-32(22-21-29(30)11-1)46-35-14-3-5-16-37(35)47(38-17-6-4-15-36(38)46)41-27-33(28-45-48(41)39-18-8-10-20-43(39)50-45)31-23-24-44-40(26-31)34-13-7-9-19-42(34)49-44/h1-28H. The van der Waals surface area contributed by atoms with Crippen molar-refractivity contribution >= 4 is 76.2 Å². The monoisotopic (exact) mass is 636 g/mol. The van der Waals surface area contributed by atoms with E-state index in [1.165, 1.54) is 49.0 Å². The van der Waals surface area contributed by atoms with E-state index in [0.717, 1.165) is 60.6 Å². The van der Waals surface area contributed by atoms with Gasteiger partial charge < -0.3 is 8.83 Å². The molecule has 9 aromatic carbocycles. The molecular formula is C48H28O2. The van der Waals surface area contributed by atoms with Gasteiger partial charge >= 0.3 is 0 Å². The minimum absolute atomic E-state index is 0.877. The van der Waals surface area contributed by atoms with Crippen LogP contribution in [0.3, 0.4) is 0 Å². The van der Waals surface area contributed by atoms with Gasteiger partial charge in [0.1, 0.15) is 22.3 Å². The molecule has 2 heterocycles. The lowest BCUT2D eigenvalue weighted by Gasteiger charge is -2.19. The van der Waals surface area contributed by atoms with Crippen molar-refractivity contribution < 1.29 is 8.83 Å². The summed E-state index contributed by atoms with van der Waals surface area (Å²) in [5.41, 5.74) is 10.6. The molecule has 2 nitrogen and oxygen atoms in total. The molecule has 0 bridgehead atoms. The van der Waals surface area contributed by atoms with Gasteiger partial charge in [0, 0.05) is 21.5 Å². The van der Waals surface area contributed by atoms with Gasteiger partial charge in [-0.25, -0.2) is 0 Å². The molecule has 0 atom stereocenters. The summed E-state index contributed by atoms with van der Waals surface area (Å²) in [6, 6.07) is 61.0. The normalized spacial score (nSPS) is 12.0. The number of benzene rings is 9. The smallest absolute Gasteiger partial charge is 0.136 e. The predicted molar refractivity (Wildman–Crippen MR) is 210 cm³/mol. The molecule has 11 rings (SSSR count). The van der Waals surface area contributed by atoms with Gasteiger partial charge in [0.05, 0.1) is 0 Å². The maximum atomic E-state index is 6.66. The second-order valence-electron chi connectivity index (χ2n) is 13.2. The van der Waals surface area contributed by atoms with E-state index in [4.69, 9.17) is 8.83 Å². The molecule has 50 heavy (non-hydrogen) atoms. The third-order valence-electron chi connectivity index (χ3n) is 10.4. The second-order valence-corrected chi connectivity index (χ2v) is 13.2. The minimum atomic E-state index is 0.877. The molecule has 232 valence electrons. The highest BCUT2D eigenvalue weighted by Gasteiger charge is 2.22. The van der Waals surface area contributed by atoms with E-state index in [0.29, 0.717) is 0 Å². The van der Waals surface area contributed by atoms with Crippen molar-refractivity contribution in [2.75, 3.05) is 0 Å². The Morgan fingerprint density at radius 2 is 0.820 bits per heavy atom. The van der Waals surface area contributed by atoms with Crippen molar-refractivity contribution in [2.45, 2.75) is 0 Å². The molecule has 0 aliphatic heterocycles. The summed E-state index contributed by atoms with van der Waals surface area (Å²) in [6.07, 6.45) is 0. The molecule has 0 amide bonds. The van der Waals surface area contributed by atoms with Crippen molar-refractivity contribution in [3.63, 3.8) is 0 Å². The molecule has 0 aliphatic rings. The number of hydrogen-bond donors (Lipinski definition) is 0. The van der Waals surface area contributed by atoms with Gasteiger partial charge in [-0.2, -0.15) is 0 Å². The molecule has 0 saturated carbocycles. The van der Waals surface area contributed by atoms with Crippen LogP contribution in [0.15, 0.2) is 179 Å². The third kappa shape index (κ3) is 3.96. The van der Waals surface area contributed by atoms with Crippen LogP contribution < -0.4 is 0 Å².